The summed E-state index contributed by atoms with van der Waals surface area (Å²) >= 11 is 0. The average Bonchev–Trinajstić information content (AvgIpc) is 2.64. The summed E-state index contributed by atoms with van der Waals surface area (Å²) in [6.45, 7) is 5.10. The van der Waals surface area contributed by atoms with E-state index in [1.54, 1.807) is 4.90 Å². The zero-order valence-corrected chi connectivity index (χ0v) is 17.7. The van der Waals surface area contributed by atoms with Gasteiger partial charge < -0.3 is 15.6 Å². The minimum atomic E-state index is -0.448. The van der Waals surface area contributed by atoms with Crippen molar-refractivity contribution in [1.29, 1.82) is 0 Å². The molecular weight excluding hydrogens is 390 g/mol. The Kier molecular flexibility index (Phi) is 7.38. The van der Waals surface area contributed by atoms with Crippen LogP contribution in [0.2, 0.25) is 0 Å². The third-order valence-electron chi connectivity index (χ3n) is 5.15. The summed E-state index contributed by atoms with van der Waals surface area (Å²) in [4.78, 5) is 42.5. The number of carbonyl (C=O) groups excluding carboxylic acids is 2. The normalized spacial score (nSPS) is 14.7. The number of ketones is 1. The van der Waals surface area contributed by atoms with Crippen LogP contribution in [0.5, 0.6) is 0 Å². The topological polar surface area (TPSA) is 96.3 Å². The lowest BCUT2D eigenvalue weighted by Crippen LogP contribution is -2.40. The predicted molar refractivity (Wildman–Crippen MR) is 116 cm³/mol. The molecule has 156 valence electrons. The van der Waals surface area contributed by atoms with E-state index in [1.165, 1.54) is 6.07 Å². The minimum absolute atomic E-state index is 0. The molecule has 0 unspecified atom stereocenters. The molecule has 7 heteroatoms. The number of H-pyrrole nitrogens is 1. The van der Waals surface area contributed by atoms with Crippen LogP contribution in [-0.2, 0) is 12.8 Å². The maximum Gasteiger partial charge on any atom is 0.261 e. The van der Waals surface area contributed by atoms with Crippen LogP contribution in [0.3, 0.4) is 0 Å². The van der Waals surface area contributed by atoms with Crippen molar-refractivity contribution in [1.82, 2.24) is 9.88 Å². The molecule has 0 fully saturated rings. The van der Waals surface area contributed by atoms with Crippen molar-refractivity contribution < 1.29 is 9.59 Å². The number of rotatable bonds is 6. The van der Waals surface area contributed by atoms with E-state index in [-0.39, 0.29) is 35.1 Å². The molecule has 0 spiro atoms. The summed E-state index contributed by atoms with van der Waals surface area (Å²) < 4.78 is 0. The van der Waals surface area contributed by atoms with Gasteiger partial charge in [0.25, 0.3) is 11.5 Å². The summed E-state index contributed by atoms with van der Waals surface area (Å²) in [6.07, 6.45) is 1.68. The molecule has 0 aliphatic heterocycles. The van der Waals surface area contributed by atoms with Gasteiger partial charge in [-0.2, -0.15) is 0 Å². The Bertz CT molecular complexity index is 938. The van der Waals surface area contributed by atoms with Crippen LogP contribution in [0.15, 0.2) is 41.2 Å². The maximum absolute atomic E-state index is 13.0. The molecule has 0 atom stereocenters. The predicted octanol–water partition coefficient (Wildman–Crippen LogP) is 2.60. The van der Waals surface area contributed by atoms with Crippen LogP contribution < -0.4 is 11.3 Å². The molecule has 0 saturated carbocycles. The van der Waals surface area contributed by atoms with Crippen LogP contribution in [0.4, 0.5) is 0 Å². The molecular formula is C22H28ClN3O3. The first kappa shape index (κ1) is 22.8. The van der Waals surface area contributed by atoms with Crippen LogP contribution in [0, 0.1) is 5.41 Å². The fourth-order valence-corrected chi connectivity index (χ4v) is 3.74. The van der Waals surface area contributed by atoms with Gasteiger partial charge in [-0.25, -0.2) is 0 Å². The molecule has 3 N–H and O–H groups in total. The van der Waals surface area contributed by atoms with Gasteiger partial charge in [-0.05, 0) is 29.9 Å². The lowest BCUT2D eigenvalue weighted by atomic mass is 9.75. The van der Waals surface area contributed by atoms with Gasteiger partial charge >= 0.3 is 0 Å². The van der Waals surface area contributed by atoms with E-state index in [0.29, 0.717) is 50.2 Å². The second kappa shape index (κ2) is 9.37. The van der Waals surface area contributed by atoms with E-state index < -0.39 is 5.56 Å². The van der Waals surface area contributed by atoms with E-state index in [9.17, 15) is 14.4 Å². The quantitative estimate of drug-likeness (QED) is 0.754. The molecule has 0 saturated heterocycles. The Morgan fingerprint density at radius 2 is 1.83 bits per heavy atom. The van der Waals surface area contributed by atoms with Crippen molar-refractivity contribution in [3.8, 4) is 0 Å². The molecule has 1 aliphatic rings. The van der Waals surface area contributed by atoms with Crippen molar-refractivity contribution >= 4 is 24.1 Å². The summed E-state index contributed by atoms with van der Waals surface area (Å²) in [7, 11) is 0. The zero-order valence-electron chi connectivity index (χ0n) is 16.9. The van der Waals surface area contributed by atoms with Crippen LogP contribution in [0.1, 0.15) is 52.2 Å². The summed E-state index contributed by atoms with van der Waals surface area (Å²) in [5.41, 5.74) is 7.23. The molecule has 1 amide bonds. The van der Waals surface area contributed by atoms with Crippen molar-refractivity contribution in [2.45, 2.75) is 33.1 Å². The molecule has 0 bridgehead atoms. The van der Waals surface area contributed by atoms with Gasteiger partial charge in [0.2, 0.25) is 0 Å². The highest BCUT2D eigenvalue weighted by molar-refractivity contribution is 6.02. The highest BCUT2D eigenvalue weighted by Crippen LogP contribution is 2.33. The Balaban J connectivity index is 0.00000300. The monoisotopic (exact) mass is 417 g/mol. The average molecular weight is 418 g/mol. The van der Waals surface area contributed by atoms with Crippen LogP contribution in [-0.4, -0.2) is 41.2 Å². The van der Waals surface area contributed by atoms with Gasteiger partial charge in [-0.1, -0.05) is 44.2 Å². The first-order valence-electron chi connectivity index (χ1n) is 9.63. The number of halogens is 1. The summed E-state index contributed by atoms with van der Waals surface area (Å²) in [5.74, 6) is -0.422. The number of hydrogen-bond acceptors (Lipinski definition) is 4. The highest BCUT2D eigenvalue weighted by atomic mass is 35.5. The van der Waals surface area contributed by atoms with Crippen molar-refractivity contribution in [2.75, 3.05) is 19.6 Å². The fraction of sp³-hybridized carbons (Fsp3) is 0.409. The number of hydrogen-bond donors (Lipinski definition) is 2. The zero-order chi connectivity index (χ0) is 20.3. The van der Waals surface area contributed by atoms with E-state index >= 15 is 0 Å². The summed E-state index contributed by atoms with van der Waals surface area (Å²) in [5, 5.41) is 0. The number of carbonyl (C=O) groups is 2. The van der Waals surface area contributed by atoms with Crippen LogP contribution in [0.25, 0.3) is 0 Å². The number of amides is 1. The number of benzene rings is 1. The molecule has 29 heavy (non-hydrogen) atoms. The van der Waals surface area contributed by atoms with E-state index in [1.807, 2.05) is 44.2 Å². The largest absolute Gasteiger partial charge is 0.337 e. The third-order valence-corrected chi connectivity index (χ3v) is 5.15. The van der Waals surface area contributed by atoms with E-state index in [0.717, 1.165) is 5.56 Å². The molecule has 1 aromatic carbocycles. The smallest absolute Gasteiger partial charge is 0.261 e. The number of Topliss-reactive ketones (excluding diaryl/α,β-unsaturated/α-hetero) is 1. The Morgan fingerprint density at radius 3 is 2.48 bits per heavy atom. The second-order valence-corrected chi connectivity index (χ2v) is 8.16. The number of nitrogens with one attached hydrogen (secondary N) is 1. The lowest BCUT2D eigenvalue weighted by Gasteiger charge is -2.30. The number of nitrogens with two attached hydrogens (primary N) is 1. The molecule has 1 heterocycles. The lowest BCUT2D eigenvalue weighted by molar-refractivity contribution is 0.0760. The van der Waals surface area contributed by atoms with E-state index in [2.05, 4.69) is 4.98 Å². The van der Waals surface area contributed by atoms with Gasteiger partial charge in [0.1, 0.15) is 5.56 Å². The molecule has 1 aliphatic carbocycles. The van der Waals surface area contributed by atoms with Crippen molar-refractivity contribution in [2.24, 2.45) is 11.1 Å². The van der Waals surface area contributed by atoms with Crippen molar-refractivity contribution in [3.63, 3.8) is 0 Å². The Hall–Kier alpha value is -2.44. The maximum atomic E-state index is 13.0. The first-order valence-corrected chi connectivity index (χ1v) is 9.63. The number of aromatic nitrogens is 1. The third kappa shape index (κ3) is 5.34. The number of pyridine rings is 1. The standard InChI is InChI=1S/C22H27N3O3.ClH/c1-22(2)13-18-16(19(26)14-22)12-17(20(27)24-18)21(28)25(11-9-23)10-8-15-6-4-3-5-7-15;/h3-7,12H,8-11,13-14,23H2,1-2H3,(H,24,27);1H. The molecule has 3 rings (SSSR count). The minimum Gasteiger partial charge on any atom is -0.337 e. The molecule has 0 radical (unpaired) electrons. The second-order valence-electron chi connectivity index (χ2n) is 8.16. The van der Waals surface area contributed by atoms with Gasteiger partial charge in [-0.3, -0.25) is 14.4 Å². The van der Waals surface area contributed by atoms with Gasteiger partial charge in [-0.15, -0.1) is 12.4 Å². The molecule has 1 aromatic heterocycles. The fourth-order valence-electron chi connectivity index (χ4n) is 3.74. The molecule has 2 aromatic rings. The number of fused-ring (bicyclic) bond motifs is 1. The SMILES string of the molecule is CC1(C)CC(=O)c2cc(C(=O)N(CCN)CCc3ccccc3)c(=O)[nH]c2C1.Cl. The Morgan fingerprint density at radius 1 is 1.14 bits per heavy atom. The van der Waals surface area contributed by atoms with Gasteiger partial charge in [0, 0.05) is 37.3 Å². The van der Waals surface area contributed by atoms with E-state index in [4.69, 9.17) is 5.73 Å². The highest BCUT2D eigenvalue weighted by Gasteiger charge is 2.33. The Labute approximate surface area is 176 Å². The molecule has 6 nitrogen and oxygen atoms in total. The number of nitrogens with zero attached hydrogens (tertiary/aromatic N) is 1. The first-order chi connectivity index (χ1) is 13.3. The van der Waals surface area contributed by atoms with Gasteiger partial charge in [0.15, 0.2) is 5.78 Å². The van der Waals surface area contributed by atoms with Gasteiger partial charge in [0.05, 0.1) is 0 Å². The number of aromatic amines is 1. The van der Waals surface area contributed by atoms with Crippen molar-refractivity contribution in [3.05, 3.63) is 69.1 Å². The van der Waals surface area contributed by atoms with Crippen LogP contribution >= 0.6 is 12.4 Å². The summed E-state index contributed by atoms with van der Waals surface area (Å²) in [6, 6.07) is 11.3.